The van der Waals surface area contributed by atoms with Crippen LogP contribution in [0.25, 0.3) is 0 Å². The van der Waals surface area contributed by atoms with Crippen molar-refractivity contribution in [2.75, 3.05) is 6.54 Å². The normalized spacial score (nSPS) is 20.2. The molecular formula is C19H23N4O+. The molecule has 5 heteroatoms. The fourth-order valence-corrected chi connectivity index (χ4v) is 3.36. The van der Waals surface area contributed by atoms with Crippen molar-refractivity contribution in [1.82, 2.24) is 9.55 Å². The molecule has 1 aliphatic heterocycles. The molecule has 2 aromatic rings. The maximum absolute atomic E-state index is 13.1. The average Bonchev–Trinajstić information content (AvgIpc) is 3.23. The predicted molar refractivity (Wildman–Crippen MR) is 94.3 cm³/mol. The summed E-state index contributed by atoms with van der Waals surface area (Å²) in [6, 6.07) is 10.2. The van der Waals surface area contributed by atoms with Gasteiger partial charge in [0.1, 0.15) is 17.7 Å². The van der Waals surface area contributed by atoms with E-state index in [1.54, 1.807) is 29.6 Å². The molecule has 2 heterocycles. The Morgan fingerprint density at radius 3 is 2.58 bits per heavy atom. The van der Waals surface area contributed by atoms with Crippen LogP contribution in [0.5, 0.6) is 0 Å². The van der Waals surface area contributed by atoms with Gasteiger partial charge < -0.3 is 0 Å². The van der Waals surface area contributed by atoms with E-state index < -0.39 is 0 Å². The maximum Gasteiger partial charge on any atom is 0.439 e. The molecule has 3 rings (SSSR count). The van der Waals surface area contributed by atoms with Crippen LogP contribution in [0.15, 0.2) is 65.4 Å². The van der Waals surface area contributed by atoms with E-state index in [-0.39, 0.29) is 16.4 Å². The van der Waals surface area contributed by atoms with Crippen LogP contribution in [0.4, 0.5) is 4.79 Å². The largest absolute Gasteiger partial charge is 0.439 e. The monoisotopic (exact) mass is 323 g/mol. The highest BCUT2D eigenvalue weighted by molar-refractivity contribution is 5.81. The number of amides is 1. The first-order valence-electron chi connectivity index (χ1n) is 8.32. The second kappa shape index (κ2) is 6.53. The van der Waals surface area contributed by atoms with Gasteiger partial charge in [0.2, 0.25) is 6.34 Å². The van der Waals surface area contributed by atoms with E-state index in [1.165, 1.54) is 5.56 Å². The number of aromatic nitrogens is 2. The van der Waals surface area contributed by atoms with Crippen molar-refractivity contribution in [1.29, 1.82) is 0 Å². The van der Waals surface area contributed by atoms with Crippen molar-refractivity contribution in [3.05, 3.63) is 66.0 Å². The number of hydrogen-bond acceptors (Lipinski definition) is 3. The van der Waals surface area contributed by atoms with Gasteiger partial charge >= 0.3 is 6.03 Å². The fraction of sp³-hybridized carbons (Fsp3) is 0.316. The summed E-state index contributed by atoms with van der Waals surface area (Å²) < 4.78 is 1.68. The van der Waals surface area contributed by atoms with Crippen molar-refractivity contribution in [2.45, 2.75) is 27.2 Å². The first-order valence-corrected chi connectivity index (χ1v) is 8.32. The minimum atomic E-state index is -0.0366. The summed E-state index contributed by atoms with van der Waals surface area (Å²) in [5.74, 6) is 0.221. The summed E-state index contributed by atoms with van der Waals surface area (Å²) >= 11 is 0. The number of benzene rings is 1. The van der Waals surface area contributed by atoms with E-state index >= 15 is 0 Å². The fourth-order valence-electron chi connectivity index (χ4n) is 3.36. The first-order chi connectivity index (χ1) is 11.6. The number of carbonyl (C=O) groups excluding carboxylic acids is 1. The van der Waals surface area contributed by atoms with E-state index in [9.17, 15) is 4.79 Å². The molecule has 24 heavy (non-hydrogen) atoms. The molecule has 5 nitrogen and oxygen atoms in total. The van der Waals surface area contributed by atoms with E-state index in [2.05, 4.69) is 36.0 Å². The Kier molecular flexibility index (Phi) is 4.44. The van der Waals surface area contributed by atoms with E-state index in [4.69, 9.17) is 0 Å². The SMILES string of the molecule is CC[N+]1(C(=O)n2ccnc2)C=NC(Cc2ccccc2)=C1C(C)C. The molecule has 0 saturated heterocycles. The Bertz CT molecular complexity index is 775. The van der Waals surface area contributed by atoms with Crippen molar-refractivity contribution < 1.29 is 9.28 Å². The molecule has 1 atom stereocenters. The number of allylic oxidation sites excluding steroid dienone is 2. The van der Waals surface area contributed by atoms with Crippen LogP contribution in [0.2, 0.25) is 0 Å². The molecule has 124 valence electrons. The van der Waals surface area contributed by atoms with Gasteiger partial charge in [-0.2, -0.15) is 4.48 Å². The van der Waals surface area contributed by atoms with Crippen LogP contribution in [0.1, 0.15) is 26.3 Å². The van der Waals surface area contributed by atoms with Crippen LogP contribution in [-0.2, 0) is 6.42 Å². The van der Waals surface area contributed by atoms with Crippen molar-refractivity contribution >= 4 is 12.4 Å². The molecule has 1 aromatic heterocycles. The zero-order chi connectivity index (χ0) is 17.2. The third-order valence-corrected chi connectivity index (χ3v) is 4.46. The number of nitrogens with zero attached hydrogens (tertiary/aromatic N) is 4. The van der Waals surface area contributed by atoms with Crippen LogP contribution in [0.3, 0.4) is 0 Å². The number of rotatable bonds is 4. The second-order valence-corrected chi connectivity index (χ2v) is 6.33. The summed E-state index contributed by atoms with van der Waals surface area (Å²) in [5, 5.41) is 0. The lowest BCUT2D eigenvalue weighted by atomic mass is 10.0. The number of aliphatic imine (C=N–C) groups is 1. The van der Waals surface area contributed by atoms with Gasteiger partial charge in [-0.3, -0.25) is 0 Å². The zero-order valence-electron chi connectivity index (χ0n) is 14.4. The Labute approximate surface area is 142 Å². The molecule has 0 bridgehead atoms. The van der Waals surface area contributed by atoms with Gasteiger partial charge in [-0.05, 0) is 12.5 Å². The lowest BCUT2D eigenvalue weighted by Gasteiger charge is -2.30. The Morgan fingerprint density at radius 2 is 2.00 bits per heavy atom. The van der Waals surface area contributed by atoms with Crippen molar-refractivity contribution in [3.8, 4) is 0 Å². The van der Waals surface area contributed by atoms with Gasteiger partial charge in [0.05, 0.1) is 6.54 Å². The van der Waals surface area contributed by atoms with E-state index in [1.807, 2.05) is 25.1 Å². The van der Waals surface area contributed by atoms with Gasteiger partial charge in [-0.25, -0.2) is 19.3 Å². The quantitative estimate of drug-likeness (QED) is 0.803. The predicted octanol–water partition coefficient (Wildman–Crippen LogP) is 3.84. The molecule has 1 aromatic carbocycles. The average molecular weight is 323 g/mol. The van der Waals surface area contributed by atoms with Crippen LogP contribution < -0.4 is 0 Å². The number of imidazole rings is 1. The van der Waals surface area contributed by atoms with Crippen molar-refractivity contribution in [2.24, 2.45) is 10.9 Å². The summed E-state index contributed by atoms with van der Waals surface area (Å²) in [7, 11) is 0. The number of quaternary nitrogens is 1. The van der Waals surface area contributed by atoms with E-state index in [0.29, 0.717) is 6.54 Å². The van der Waals surface area contributed by atoms with Gasteiger partial charge in [0, 0.05) is 24.7 Å². The van der Waals surface area contributed by atoms with Crippen LogP contribution >= 0.6 is 0 Å². The lowest BCUT2D eigenvalue weighted by Crippen LogP contribution is -2.52. The Morgan fingerprint density at radius 1 is 1.25 bits per heavy atom. The molecule has 0 fully saturated rings. The molecule has 0 N–H and O–H groups in total. The molecule has 0 saturated carbocycles. The highest BCUT2D eigenvalue weighted by Crippen LogP contribution is 2.34. The number of hydrogen-bond donors (Lipinski definition) is 0. The first kappa shape index (κ1) is 16.3. The highest BCUT2D eigenvalue weighted by atomic mass is 16.2. The minimum absolute atomic E-state index is 0.0366. The molecule has 0 radical (unpaired) electrons. The number of carbonyl (C=O) groups is 1. The maximum atomic E-state index is 13.1. The highest BCUT2D eigenvalue weighted by Gasteiger charge is 2.46. The summed E-state index contributed by atoms with van der Waals surface area (Å²) in [6.45, 7) is 6.90. The van der Waals surface area contributed by atoms with Crippen LogP contribution in [-0.4, -0.2) is 32.9 Å². The van der Waals surface area contributed by atoms with Gasteiger partial charge in [-0.15, -0.1) is 0 Å². The molecule has 1 aliphatic rings. The molecule has 1 amide bonds. The molecular weight excluding hydrogens is 300 g/mol. The Hall–Kier alpha value is -2.53. The zero-order valence-corrected chi connectivity index (χ0v) is 14.4. The minimum Gasteiger partial charge on any atom is -0.245 e. The van der Waals surface area contributed by atoms with Gasteiger partial charge in [0.25, 0.3) is 0 Å². The summed E-state index contributed by atoms with van der Waals surface area (Å²) in [6.07, 6.45) is 7.40. The van der Waals surface area contributed by atoms with E-state index in [0.717, 1.165) is 17.8 Å². The lowest BCUT2D eigenvalue weighted by molar-refractivity contribution is -0.709. The van der Waals surface area contributed by atoms with Gasteiger partial charge in [-0.1, -0.05) is 44.2 Å². The van der Waals surface area contributed by atoms with Gasteiger partial charge in [0.15, 0.2) is 0 Å². The summed E-state index contributed by atoms with van der Waals surface area (Å²) in [5.41, 5.74) is 3.26. The molecule has 1 unspecified atom stereocenters. The smallest absolute Gasteiger partial charge is 0.245 e. The molecule has 0 aliphatic carbocycles. The topological polar surface area (TPSA) is 47.2 Å². The Balaban J connectivity index is 2.04. The van der Waals surface area contributed by atoms with Crippen LogP contribution in [0, 0.1) is 5.92 Å². The third kappa shape index (κ3) is 2.71. The standard InChI is InChI=1S/C19H23N4O/c1-4-23(19(24)22-11-10-20-13-22)14-21-17(18(23)15(2)3)12-16-8-6-5-7-9-16/h5-11,13-15H,4,12H2,1-3H3/q+1. The van der Waals surface area contributed by atoms with Crippen molar-refractivity contribution in [3.63, 3.8) is 0 Å². The molecule has 0 spiro atoms. The third-order valence-electron chi connectivity index (χ3n) is 4.46. The second-order valence-electron chi connectivity index (χ2n) is 6.33. The summed E-state index contributed by atoms with van der Waals surface area (Å²) in [4.78, 5) is 21.8.